The number of Topliss-reactive ketones (excluding diaryl/α,β-unsaturated/α-hetero) is 1. The molecule has 8 heteroatoms. The lowest BCUT2D eigenvalue weighted by Gasteiger charge is -2.28. The van der Waals surface area contributed by atoms with Crippen molar-refractivity contribution >= 4 is 17.4 Å². The van der Waals surface area contributed by atoms with Crippen molar-refractivity contribution in [2.75, 3.05) is 39.4 Å². The van der Waals surface area contributed by atoms with E-state index in [0.29, 0.717) is 55.4 Å². The van der Waals surface area contributed by atoms with Crippen molar-refractivity contribution in [1.82, 2.24) is 9.80 Å². The fourth-order valence-electron chi connectivity index (χ4n) is 5.21. The highest BCUT2D eigenvalue weighted by molar-refractivity contribution is 6.46. The summed E-state index contributed by atoms with van der Waals surface area (Å²) in [5, 5.41) is 11.5. The van der Waals surface area contributed by atoms with E-state index in [1.54, 1.807) is 23.1 Å². The van der Waals surface area contributed by atoms with E-state index in [-0.39, 0.29) is 17.4 Å². The second-order valence-corrected chi connectivity index (χ2v) is 9.55. The van der Waals surface area contributed by atoms with Crippen LogP contribution in [-0.2, 0) is 16.0 Å². The van der Waals surface area contributed by atoms with E-state index in [4.69, 9.17) is 14.2 Å². The highest BCUT2D eigenvalue weighted by Gasteiger charge is 2.46. The first kappa shape index (κ1) is 27.5. The third-order valence-corrected chi connectivity index (χ3v) is 7.14. The Bertz CT molecular complexity index is 1220. The number of rotatable bonds is 11. The molecular formula is C30H38N2O6. The van der Waals surface area contributed by atoms with Gasteiger partial charge in [0.2, 0.25) is 0 Å². The molecule has 4 rings (SSSR count). The minimum absolute atomic E-state index is 0.0499. The molecule has 2 atom stereocenters. The predicted molar refractivity (Wildman–Crippen MR) is 146 cm³/mol. The number of likely N-dealkylation sites (N-methyl/N-ethyl adjacent to an activating group) is 1. The van der Waals surface area contributed by atoms with Crippen molar-refractivity contribution in [2.45, 2.75) is 53.2 Å². The number of carbonyl (C=O) groups excluding carboxylic acids is 2. The SMILES string of the molecule is CCOc1ccc([C@@H]2/C(=C(\O)c3ccc4c(c3)C[C@@H](C)O4)C(=O)C(=O)N2CCN(CC)CC)cc1OCC. The average molecular weight is 523 g/mol. The van der Waals surface area contributed by atoms with Crippen molar-refractivity contribution < 1.29 is 28.9 Å². The molecule has 0 aromatic heterocycles. The van der Waals surface area contributed by atoms with Gasteiger partial charge >= 0.3 is 0 Å². The molecule has 1 fully saturated rings. The number of aliphatic hydroxyl groups excluding tert-OH is 1. The van der Waals surface area contributed by atoms with Crippen LogP contribution in [-0.4, -0.2) is 72.1 Å². The van der Waals surface area contributed by atoms with Crippen molar-refractivity contribution in [3.05, 3.63) is 58.7 Å². The average Bonchev–Trinajstić information content (AvgIpc) is 3.41. The summed E-state index contributed by atoms with van der Waals surface area (Å²) in [5.41, 5.74) is 2.21. The van der Waals surface area contributed by atoms with Crippen LogP contribution >= 0.6 is 0 Å². The lowest BCUT2D eigenvalue weighted by Crippen LogP contribution is -2.38. The molecule has 0 spiro atoms. The van der Waals surface area contributed by atoms with Gasteiger partial charge in [-0.15, -0.1) is 0 Å². The summed E-state index contributed by atoms with van der Waals surface area (Å²) in [6.45, 7) is 13.4. The van der Waals surface area contributed by atoms with Crippen LogP contribution in [0.4, 0.5) is 0 Å². The van der Waals surface area contributed by atoms with Gasteiger partial charge in [-0.25, -0.2) is 0 Å². The summed E-state index contributed by atoms with van der Waals surface area (Å²) in [4.78, 5) is 30.6. The number of ether oxygens (including phenoxy) is 3. The lowest BCUT2D eigenvalue weighted by atomic mass is 9.94. The van der Waals surface area contributed by atoms with Gasteiger partial charge in [-0.3, -0.25) is 9.59 Å². The third kappa shape index (κ3) is 5.36. The highest BCUT2D eigenvalue weighted by Crippen LogP contribution is 2.42. The van der Waals surface area contributed by atoms with E-state index in [0.717, 1.165) is 24.4 Å². The normalized spacial score (nSPS) is 20.1. The maximum absolute atomic E-state index is 13.5. The van der Waals surface area contributed by atoms with Gasteiger partial charge in [-0.05, 0) is 75.3 Å². The first-order chi connectivity index (χ1) is 18.3. The highest BCUT2D eigenvalue weighted by atomic mass is 16.5. The van der Waals surface area contributed by atoms with Crippen LogP contribution in [0.1, 0.15) is 57.4 Å². The number of nitrogens with zero attached hydrogens (tertiary/aromatic N) is 2. The summed E-state index contributed by atoms with van der Waals surface area (Å²) in [5.74, 6) is 0.402. The molecule has 38 heavy (non-hydrogen) atoms. The number of fused-ring (bicyclic) bond motifs is 1. The fraction of sp³-hybridized carbons (Fsp3) is 0.467. The molecule has 8 nitrogen and oxygen atoms in total. The van der Waals surface area contributed by atoms with Gasteiger partial charge in [0.05, 0.1) is 24.8 Å². The lowest BCUT2D eigenvalue weighted by molar-refractivity contribution is -0.140. The molecule has 2 aliphatic rings. The number of hydrogen-bond donors (Lipinski definition) is 1. The smallest absolute Gasteiger partial charge is 0.295 e. The Morgan fingerprint density at radius 1 is 1.03 bits per heavy atom. The predicted octanol–water partition coefficient (Wildman–Crippen LogP) is 4.57. The van der Waals surface area contributed by atoms with Gasteiger partial charge < -0.3 is 29.1 Å². The second-order valence-electron chi connectivity index (χ2n) is 9.55. The van der Waals surface area contributed by atoms with Gasteiger partial charge in [0.15, 0.2) is 11.5 Å². The van der Waals surface area contributed by atoms with E-state index in [1.165, 1.54) is 0 Å². The number of likely N-dealkylation sites (tertiary alicyclic amines) is 1. The molecule has 0 aliphatic carbocycles. The Morgan fingerprint density at radius 3 is 2.42 bits per heavy atom. The molecule has 2 aromatic carbocycles. The molecule has 204 valence electrons. The Kier molecular flexibility index (Phi) is 8.62. The first-order valence-electron chi connectivity index (χ1n) is 13.5. The zero-order chi connectivity index (χ0) is 27.4. The molecule has 1 saturated heterocycles. The maximum Gasteiger partial charge on any atom is 0.295 e. The molecule has 2 aliphatic heterocycles. The Hall–Kier alpha value is -3.52. The number of ketones is 1. The summed E-state index contributed by atoms with van der Waals surface area (Å²) in [6.07, 6.45) is 0.767. The minimum Gasteiger partial charge on any atom is -0.507 e. The zero-order valence-corrected chi connectivity index (χ0v) is 23.0. The molecule has 0 saturated carbocycles. The van der Waals surface area contributed by atoms with Crippen LogP contribution in [0, 0.1) is 0 Å². The van der Waals surface area contributed by atoms with Crippen LogP contribution < -0.4 is 14.2 Å². The van der Waals surface area contributed by atoms with E-state index < -0.39 is 17.7 Å². The van der Waals surface area contributed by atoms with E-state index in [1.807, 2.05) is 39.0 Å². The quantitative estimate of drug-likeness (QED) is 0.263. The number of hydrogen-bond acceptors (Lipinski definition) is 7. The summed E-state index contributed by atoms with van der Waals surface area (Å²) < 4.78 is 17.4. The number of carbonyl (C=O) groups is 2. The van der Waals surface area contributed by atoms with Crippen LogP contribution in [0.15, 0.2) is 42.0 Å². The summed E-state index contributed by atoms with van der Waals surface area (Å²) in [7, 11) is 0. The van der Waals surface area contributed by atoms with Crippen molar-refractivity contribution in [3.63, 3.8) is 0 Å². The van der Waals surface area contributed by atoms with Gasteiger partial charge in [-0.2, -0.15) is 0 Å². The topological polar surface area (TPSA) is 88.5 Å². The maximum atomic E-state index is 13.5. The molecule has 1 amide bonds. The van der Waals surface area contributed by atoms with Crippen LogP contribution in [0.3, 0.4) is 0 Å². The number of aliphatic hydroxyl groups is 1. The summed E-state index contributed by atoms with van der Waals surface area (Å²) >= 11 is 0. The molecule has 0 unspecified atom stereocenters. The van der Waals surface area contributed by atoms with Crippen molar-refractivity contribution in [1.29, 1.82) is 0 Å². The van der Waals surface area contributed by atoms with Gasteiger partial charge in [0.1, 0.15) is 17.6 Å². The molecule has 0 radical (unpaired) electrons. The largest absolute Gasteiger partial charge is 0.507 e. The molecule has 1 N–H and O–H groups in total. The Morgan fingerprint density at radius 2 is 1.74 bits per heavy atom. The third-order valence-electron chi connectivity index (χ3n) is 7.14. The van der Waals surface area contributed by atoms with Crippen LogP contribution in [0.2, 0.25) is 0 Å². The van der Waals surface area contributed by atoms with Crippen LogP contribution in [0.25, 0.3) is 5.76 Å². The fourth-order valence-corrected chi connectivity index (χ4v) is 5.21. The Balaban J connectivity index is 1.82. The zero-order valence-electron chi connectivity index (χ0n) is 23.0. The second kappa shape index (κ2) is 11.9. The van der Waals surface area contributed by atoms with Crippen molar-refractivity contribution in [2.24, 2.45) is 0 Å². The molecule has 0 bridgehead atoms. The standard InChI is InChI=1S/C30H38N2O6/c1-6-31(7-2)14-15-32-27(20-10-13-24(36-8-3)25(18-20)37-9-4)26(29(34)30(32)35)28(33)21-11-12-23-22(17-21)16-19(5)38-23/h10-13,17-19,27,33H,6-9,14-16H2,1-5H3/b28-26+/t19-,27-/m1/s1. The van der Waals surface area contributed by atoms with Gasteiger partial charge in [-0.1, -0.05) is 19.9 Å². The monoisotopic (exact) mass is 522 g/mol. The first-order valence-corrected chi connectivity index (χ1v) is 13.5. The van der Waals surface area contributed by atoms with Crippen LogP contribution in [0.5, 0.6) is 17.2 Å². The van der Waals surface area contributed by atoms with Crippen molar-refractivity contribution in [3.8, 4) is 17.2 Å². The minimum atomic E-state index is -0.760. The number of amides is 1. The van der Waals surface area contributed by atoms with Gasteiger partial charge in [0, 0.05) is 25.1 Å². The Labute approximate surface area is 224 Å². The molecule has 2 aromatic rings. The number of benzene rings is 2. The van der Waals surface area contributed by atoms with E-state index >= 15 is 0 Å². The van der Waals surface area contributed by atoms with E-state index in [9.17, 15) is 14.7 Å². The molecular weight excluding hydrogens is 484 g/mol. The van der Waals surface area contributed by atoms with Gasteiger partial charge in [0.25, 0.3) is 11.7 Å². The van der Waals surface area contributed by atoms with E-state index in [2.05, 4.69) is 18.7 Å². The molecule has 2 heterocycles. The summed E-state index contributed by atoms with van der Waals surface area (Å²) in [6, 6.07) is 10.1.